The zero-order valence-electron chi connectivity index (χ0n) is 18.6. The Labute approximate surface area is 189 Å². The highest BCUT2D eigenvalue weighted by atomic mass is 16.5. The van der Waals surface area contributed by atoms with Crippen LogP contribution in [0, 0.1) is 20.8 Å². The first-order valence-electron chi connectivity index (χ1n) is 10.6. The molecule has 0 atom stereocenters. The van der Waals surface area contributed by atoms with E-state index in [0.717, 1.165) is 28.2 Å². The topological polar surface area (TPSA) is 112 Å². The summed E-state index contributed by atoms with van der Waals surface area (Å²) >= 11 is 0. The molecule has 168 valence electrons. The Morgan fingerprint density at radius 3 is 2.58 bits per heavy atom. The van der Waals surface area contributed by atoms with Gasteiger partial charge in [-0.25, -0.2) is 4.68 Å². The Kier molecular flexibility index (Phi) is 5.33. The van der Waals surface area contributed by atoms with E-state index >= 15 is 0 Å². The third-order valence-corrected chi connectivity index (χ3v) is 5.61. The predicted octanol–water partition coefficient (Wildman–Crippen LogP) is 2.32. The van der Waals surface area contributed by atoms with E-state index in [0.29, 0.717) is 30.4 Å². The summed E-state index contributed by atoms with van der Waals surface area (Å²) in [6, 6.07) is 9.11. The number of rotatable bonds is 6. The minimum Gasteiger partial charge on any atom is -0.469 e. The van der Waals surface area contributed by atoms with Gasteiger partial charge in [0.1, 0.15) is 17.6 Å². The monoisotopic (exact) mass is 445 g/mol. The van der Waals surface area contributed by atoms with Gasteiger partial charge in [0.2, 0.25) is 5.88 Å². The number of aryl methyl sites for hydroxylation is 3. The normalized spacial score (nSPS) is 13.7. The van der Waals surface area contributed by atoms with Gasteiger partial charge in [0.05, 0.1) is 37.2 Å². The van der Waals surface area contributed by atoms with Crippen molar-refractivity contribution in [2.75, 3.05) is 18.0 Å². The number of ether oxygens (including phenoxy) is 1. The molecule has 0 radical (unpaired) electrons. The molecule has 0 saturated carbocycles. The van der Waals surface area contributed by atoms with Crippen LogP contribution >= 0.6 is 0 Å². The molecule has 1 saturated heterocycles. The van der Waals surface area contributed by atoms with Gasteiger partial charge >= 0.3 is 0 Å². The molecule has 4 aromatic heterocycles. The molecule has 0 aromatic carbocycles. The number of pyridine rings is 1. The Morgan fingerprint density at radius 2 is 1.88 bits per heavy atom. The van der Waals surface area contributed by atoms with Crippen LogP contribution in [0.1, 0.15) is 22.7 Å². The molecular formula is C23H23N7O3. The van der Waals surface area contributed by atoms with Crippen LogP contribution in [-0.2, 0) is 6.54 Å². The lowest BCUT2D eigenvalue weighted by atomic mass is 10.1. The first-order chi connectivity index (χ1) is 16.0. The fraction of sp³-hybridized carbons (Fsp3) is 0.304. The molecule has 0 bridgehead atoms. The lowest BCUT2D eigenvalue weighted by Gasteiger charge is -2.39. The van der Waals surface area contributed by atoms with E-state index in [1.165, 1.54) is 4.68 Å². The van der Waals surface area contributed by atoms with E-state index < -0.39 is 0 Å². The lowest BCUT2D eigenvalue weighted by molar-refractivity contribution is 0.158. The summed E-state index contributed by atoms with van der Waals surface area (Å²) in [6.45, 7) is 7.18. The molecule has 33 heavy (non-hydrogen) atoms. The SMILES string of the molecule is Cc1ccc(-c2noc(C)c2Cn2ncc(N3CC(Oc4ccc(C)nn4)C3)cc2=O)cn1. The largest absolute Gasteiger partial charge is 0.469 e. The number of hydrogen-bond donors (Lipinski definition) is 0. The van der Waals surface area contributed by atoms with E-state index in [2.05, 4.69) is 25.4 Å². The second-order valence-corrected chi connectivity index (χ2v) is 8.12. The second kappa shape index (κ2) is 8.45. The average Bonchev–Trinajstić information content (AvgIpc) is 3.14. The lowest BCUT2D eigenvalue weighted by Crippen LogP contribution is -2.54. The molecule has 5 heterocycles. The maximum absolute atomic E-state index is 12.8. The third kappa shape index (κ3) is 4.32. The van der Waals surface area contributed by atoms with Crippen molar-refractivity contribution in [3.8, 4) is 17.1 Å². The van der Waals surface area contributed by atoms with Crippen molar-refractivity contribution in [2.45, 2.75) is 33.4 Å². The molecule has 5 rings (SSSR count). The zero-order valence-corrected chi connectivity index (χ0v) is 18.6. The fourth-order valence-corrected chi connectivity index (χ4v) is 3.62. The molecule has 4 aromatic rings. The van der Waals surface area contributed by atoms with Gasteiger partial charge in [-0.15, -0.1) is 5.10 Å². The Morgan fingerprint density at radius 1 is 1.06 bits per heavy atom. The van der Waals surface area contributed by atoms with E-state index in [-0.39, 0.29) is 18.2 Å². The molecule has 10 heteroatoms. The number of anilines is 1. The smallest absolute Gasteiger partial charge is 0.269 e. The van der Waals surface area contributed by atoms with Gasteiger partial charge in [0.25, 0.3) is 5.56 Å². The van der Waals surface area contributed by atoms with Gasteiger partial charge in [-0.1, -0.05) is 5.16 Å². The first kappa shape index (κ1) is 20.8. The molecule has 0 N–H and O–H groups in total. The van der Waals surface area contributed by atoms with Crippen molar-refractivity contribution in [1.82, 2.24) is 30.1 Å². The molecule has 1 fully saturated rings. The van der Waals surface area contributed by atoms with Gasteiger partial charge < -0.3 is 14.2 Å². The van der Waals surface area contributed by atoms with Crippen LogP contribution in [0.25, 0.3) is 11.3 Å². The van der Waals surface area contributed by atoms with Crippen molar-refractivity contribution in [3.05, 3.63) is 75.8 Å². The quantitative estimate of drug-likeness (QED) is 0.441. The minimum atomic E-state index is -0.199. The van der Waals surface area contributed by atoms with Crippen LogP contribution in [0.2, 0.25) is 0 Å². The van der Waals surface area contributed by atoms with E-state index in [1.807, 2.05) is 43.9 Å². The summed E-state index contributed by atoms with van der Waals surface area (Å²) in [4.78, 5) is 19.1. The van der Waals surface area contributed by atoms with Crippen LogP contribution in [-0.4, -0.2) is 49.3 Å². The molecule has 10 nitrogen and oxygen atoms in total. The molecule has 0 aliphatic carbocycles. The van der Waals surface area contributed by atoms with Gasteiger partial charge in [0.15, 0.2) is 0 Å². The highest BCUT2D eigenvalue weighted by molar-refractivity contribution is 5.62. The standard InChI is InChI=1S/C23H23N7O3/c1-14-4-6-17(9-24-14)23-20(16(3)33-28-23)13-30-22(31)8-18(10-25-30)29-11-19(12-29)32-21-7-5-15(2)26-27-21/h4-10,19H,11-13H2,1-3H3. The summed E-state index contributed by atoms with van der Waals surface area (Å²) < 4.78 is 12.6. The first-order valence-corrected chi connectivity index (χ1v) is 10.6. The van der Waals surface area contributed by atoms with Crippen molar-refractivity contribution in [3.63, 3.8) is 0 Å². The maximum Gasteiger partial charge on any atom is 0.269 e. The Balaban J connectivity index is 1.27. The van der Waals surface area contributed by atoms with E-state index in [4.69, 9.17) is 9.26 Å². The van der Waals surface area contributed by atoms with Crippen LogP contribution < -0.4 is 15.2 Å². The Hall–Kier alpha value is -4.08. The highest BCUT2D eigenvalue weighted by Crippen LogP contribution is 2.26. The van der Waals surface area contributed by atoms with Crippen LogP contribution in [0.4, 0.5) is 5.69 Å². The average molecular weight is 445 g/mol. The highest BCUT2D eigenvalue weighted by Gasteiger charge is 2.30. The summed E-state index contributed by atoms with van der Waals surface area (Å²) in [6.07, 6.45) is 3.44. The fourth-order valence-electron chi connectivity index (χ4n) is 3.62. The number of aromatic nitrogens is 6. The van der Waals surface area contributed by atoms with Crippen molar-refractivity contribution >= 4 is 5.69 Å². The van der Waals surface area contributed by atoms with Gasteiger partial charge in [-0.2, -0.15) is 10.2 Å². The summed E-state index contributed by atoms with van der Waals surface area (Å²) in [5, 5.41) is 16.6. The van der Waals surface area contributed by atoms with Crippen LogP contribution in [0.15, 0.2) is 52.0 Å². The molecule has 1 aliphatic rings. The minimum absolute atomic E-state index is 0.00484. The van der Waals surface area contributed by atoms with Gasteiger partial charge in [-0.3, -0.25) is 9.78 Å². The van der Waals surface area contributed by atoms with Gasteiger partial charge in [-0.05, 0) is 39.0 Å². The molecular weight excluding hydrogens is 422 g/mol. The summed E-state index contributed by atoms with van der Waals surface area (Å²) in [7, 11) is 0. The second-order valence-electron chi connectivity index (χ2n) is 8.12. The molecule has 0 unspecified atom stereocenters. The molecule has 1 aliphatic heterocycles. The summed E-state index contributed by atoms with van der Waals surface area (Å²) in [5.41, 5.74) is 4.62. The maximum atomic E-state index is 12.8. The Bertz CT molecular complexity index is 1320. The van der Waals surface area contributed by atoms with Gasteiger partial charge in [0, 0.05) is 35.2 Å². The third-order valence-electron chi connectivity index (χ3n) is 5.61. The van der Waals surface area contributed by atoms with E-state index in [1.54, 1.807) is 24.5 Å². The molecule has 0 amide bonds. The van der Waals surface area contributed by atoms with Crippen LogP contribution in [0.3, 0.4) is 0 Å². The number of hydrogen-bond acceptors (Lipinski definition) is 9. The molecule has 0 spiro atoms. The van der Waals surface area contributed by atoms with Crippen molar-refractivity contribution in [1.29, 1.82) is 0 Å². The predicted molar refractivity (Wildman–Crippen MR) is 120 cm³/mol. The van der Waals surface area contributed by atoms with Crippen molar-refractivity contribution in [2.24, 2.45) is 0 Å². The number of nitrogens with zero attached hydrogens (tertiary/aromatic N) is 7. The van der Waals surface area contributed by atoms with E-state index in [9.17, 15) is 4.79 Å². The van der Waals surface area contributed by atoms with Crippen molar-refractivity contribution < 1.29 is 9.26 Å². The summed E-state index contributed by atoms with van der Waals surface area (Å²) in [5.74, 6) is 1.15. The van der Waals surface area contributed by atoms with Crippen LogP contribution in [0.5, 0.6) is 5.88 Å². The zero-order chi connectivity index (χ0) is 22.9.